The van der Waals surface area contributed by atoms with Crippen LogP contribution in [-0.4, -0.2) is 22.9 Å². The number of anilines is 1. The maximum absolute atomic E-state index is 11.4. The van der Waals surface area contributed by atoms with Crippen molar-refractivity contribution in [2.24, 2.45) is 5.92 Å². The van der Waals surface area contributed by atoms with Crippen molar-refractivity contribution in [2.45, 2.75) is 18.4 Å². The van der Waals surface area contributed by atoms with Gasteiger partial charge in [-0.15, -0.1) is 0 Å². The standard InChI is InChI=1S/C20H18N2O3/c1-22(25)14-8-5-12(6-9-14)19-16-4-2-3-15(16)17-11-13(20(23)24)7-10-18(17)21-19/h2-3,5-11,15-16,19,21H,4H2,1H3/p+1. The second-order valence-corrected chi connectivity index (χ2v) is 6.67. The average molecular weight is 335 g/mol. The number of fused-ring (bicyclic) bond motifs is 3. The van der Waals surface area contributed by atoms with Crippen LogP contribution >= 0.6 is 0 Å². The lowest BCUT2D eigenvalue weighted by atomic mass is 9.76. The molecule has 25 heavy (non-hydrogen) atoms. The molecule has 3 atom stereocenters. The van der Waals surface area contributed by atoms with Gasteiger partial charge in [0.1, 0.15) is 0 Å². The monoisotopic (exact) mass is 335 g/mol. The third kappa shape index (κ3) is 2.61. The smallest absolute Gasteiger partial charge is 0.335 e. The molecule has 0 saturated carbocycles. The number of carboxylic acid groups (broad SMARTS) is 1. The highest BCUT2D eigenvalue weighted by atomic mass is 16.4. The van der Waals surface area contributed by atoms with Gasteiger partial charge in [-0.25, -0.2) is 4.79 Å². The first-order chi connectivity index (χ1) is 12.0. The van der Waals surface area contributed by atoms with Crippen LogP contribution in [0, 0.1) is 10.8 Å². The number of hydrogen-bond acceptors (Lipinski definition) is 3. The van der Waals surface area contributed by atoms with E-state index in [0.717, 1.165) is 28.0 Å². The molecule has 2 N–H and O–H groups in total. The Balaban J connectivity index is 1.72. The number of nitroso groups, excluding NO2 is 1. The van der Waals surface area contributed by atoms with Crippen LogP contribution in [0.4, 0.5) is 11.4 Å². The Bertz CT molecular complexity index is 886. The second kappa shape index (κ2) is 5.84. The molecule has 5 heteroatoms. The fourth-order valence-electron chi connectivity index (χ4n) is 3.95. The molecule has 2 aromatic carbocycles. The maximum Gasteiger partial charge on any atom is 0.335 e. The summed E-state index contributed by atoms with van der Waals surface area (Å²) in [5.74, 6) is -0.351. The highest BCUT2D eigenvalue weighted by molar-refractivity contribution is 5.89. The SMILES string of the molecule is C[N+](=O)c1ccc(C2Nc3ccc(C(=O)O)cc3C3C=CCC32)cc1. The molecular formula is C20H19N2O3+. The molecule has 0 radical (unpaired) electrons. The van der Waals surface area contributed by atoms with Gasteiger partial charge in [0.2, 0.25) is 0 Å². The summed E-state index contributed by atoms with van der Waals surface area (Å²) < 4.78 is 0.848. The van der Waals surface area contributed by atoms with Crippen LogP contribution < -0.4 is 5.32 Å². The molecule has 0 bridgehead atoms. The predicted molar refractivity (Wildman–Crippen MR) is 95.4 cm³/mol. The molecule has 1 aliphatic carbocycles. The van der Waals surface area contributed by atoms with Crippen LogP contribution in [0.5, 0.6) is 0 Å². The van der Waals surface area contributed by atoms with E-state index < -0.39 is 5.97 Å². The summed E-state index contributed by atoms with van der Waals surface area (Å²) in [5.41, 5.74) is 4.11. The van der Waals surface area contributed by atoms with Crippen LogP contribution in [0.1, 0.15) is 39.9 Å². The van der Waals surface area contributed by atoms with E-state index >= 15 is 0 Å². The van der Waals surface area contributed by atoms with Gasteiger partial charge in [0, 0.05) is 33.4 Å². The lowest BCUT2D eigenvalue weighted by Gasteiger charge is -2.37. The fourth-order valence-corrected chi connectivity index (χ4v) is 3.95. The number of nitrogens with one attached hydrogen (secondary N) is 1. The molecule has 126 valence electrons. The van der Waals surface area contributed by atoms with Gasteiger partial charge in [-0.3, -0.25) is 0 Å². The molecule has 3 unspecified atom stereocenters. The Morgan fingerprint density at radius 3 is 2.64 bits per heavy atom. The molecule has 4 rings (SSSR count). The summed E-state index contributed by atoms with van der Waals surface area (Å²) in [6.07, 6.45) is 5.30. The number of carboxylic acids is 1. The third-order valence-electron chi connectivity index (χ3n) is 5.23. The van der Waals surface area contributed by atoms with E-state index in [1.165, 1.54) is 7.05 Å². The van der Waals surface area contributed by atoms with E-state index in [1.54, 1.807) is 12.1 Å². The zero-order valence-corrected chi connectivity index (χ0v) is 13.8. The number of carbonyl (C=O) groups is 1. The van der Waals surface area contributed by atoms with E-state index in [-0.39, 0.29) is 12.0 Å². The zero-order valence-electron chi connectivity index (χ0n) is 13.8. The molecule has 1 heterocycles. The van der Waals surface area contributed by atoms with Crippen molar-refractivity contribution in [2.75, 3.05) is 12.4 Å². The lowest BCUT2D eigenvalue weighted by Crippen LogP contribution is -2.29. The Kier molecular flexibility index (Phi) is 3.64. The molecule has 2 aromatic rings. The predicted octanol–water partition coefficient (Wildman–Crippen LogP) is 4.25. The second-order valence-electron chi connectivity index (χ2n) is 6.67. The molecular weight excluding hydrogens is 316 g/mol. The first-order valence-electron chi connectivity index (χ1n) is 8.36. The zero-order chi connectivity index (χ0) is 17.6. The number of hydrogen-bond donors (Lipinski definition) is 2. The van der Waals surface area contributed by atoms with Gasteiger partial charge in [0.05, 0.1) is 11.6 Å². The molecule has 2 aliphatic rings. The van der Waals surface area contributed by atoms with Crippen LogP contribution in [0.15, 0.2) is 54.6 Å². The molecule has 0 aromatic heterocycles. The summed E-state index contributed by atoms with van der Waals surface area (Å²) in [5, 5.41) is 12.8. The Hall–Kier alpha value is -2.95. The summed E-state index contributed by atoms with van der Waals surface area (Å²) in [6.45, 7) is 0. The van der Waals surface area contributed by atoms with Gasteiger partial charge >= 0.3 is 5.97 Å². The molecule has 0 amide bonds. The first-order valence-corrected chi connectivity index (χ1v) is 8.36. The minimum absolute atomic E-state index is 0.134. The quantitative estimate of drug-likeness (QED) is 0.650. The first kappa shape index (κ1) is 15.6. The number of aromatic carboxylic acids is 1. The summed E-state index contributed by atoms with van der Waals surface area (Å²) >= 11 is 0. The Morgan fingerprint density at radius 2 is 1.96 bits per heavy atom. The van der Waals surface area contributed by atoms with E-state index in [9.17, 15) is 14.8 Å². The van der Waals surface area contributed by atoms with E-state index in [2.05, 4.69) is 17.5 Å². The normalized spacial score (nSPS) is 23.5. The largest absolute Gasteiger partial charge is 0.478 e. The summed E-state index contributed by atoms with van der Waals surface area (Å²) in [6, 6.07) is 13.1. The maximum atomic E-state index is 11.4. The number of nitrogens with zero attached hydrogens (tertiary/aromatic N) is 1. The Labute approximate surface area is 145 Å². The summed E-state index contributed by atoms with van der Waals surface area (Å²) in [4.78, 5) is 22.7. The van der Waals surface area contributed by atoms with Gasteiger partial charge < -0.3 is 10.4 Å². The fraction of sp³-hybridized carbons (Fsp3) is 0.250. The molecule has 5 nitrogen and oxygen atoms in total. The van der Waals surface area contributed by atoms with Gasteiger partial charge in [-0.1, -0.05) is 24.3 Å². The number of rotatable bonds is 3. The van der Waals surface area contributed by atoms with Crippen molar-refractivity contribution in [3.8, 4) is 0 Å². The molecule has 0 fully saturated rings. The van der Waals surface area contributed by atoms with Crippen LogP contribution in [-0.2, 0) is 0 Å². The van der Waals surface area contributed by atoms with Crippen molar-refractivity contribution >= 4 is 17.3 Å². The highest BCUT2D eigenvalue weighted by Gasteiger charge is 2.38. The number of benzene rings is 2. The van der Waals surface area contributed by atoms with Crippen molar-refractivity contribution in [3.05, 3.63) is 76.2 Å². The van der Waals surface area contributed by atoms with Crippen molar-refractivity contribution in [1.29, 1.82) is 0 Å². The molecule has 0 saturated heterocycles. The van der Waals surface area contributed by atoms with Crippen LogP contribution in [0.25, 0.3) is 0 Å². The van der Waals surface area contributed by atoms with E-state index in [1.807, 2.05) is 30.3 Å². The Morgan fingerprint density at radius 1 is 1.20 bits per heavy atom. The van der Waals surface area contributed by atoms with E-state index in [4.69, 9.17) is 0 Å². The topological polar surface area (TPSA) is 69.4 Å². The van der Waals surface area contributed by atoms with Gasteiger partial charge in [0.15, 0.2) is 7.05 Å². The third-order valence-corrected chi connectivity index (χ3v) is 5.23. The lowest BCUT2D eigenvalue weighted by molar-refractivity contribution is -0.428. The van der Waals surface area contributed by atoms with E-state index in [0.29, 0.717) is 17.2 Å². The molecule has 0 spiro atoms. The van der Waals surface area contributed by atoms with Crippen LogP contribution in [0.3, 0.4) is 0 Å². The van der Waals surface area contributed by atoms with Gasteiger partial charge in [0.25, 0.3) is 5.69 Å². The summed E-state index contributed by atoms with van der Waals surface area (Å²) in [7, 11) is 1.49. The minimum Gasteiger partial charge on any atom is -0.478 e. The van der Waals surface area contributed by atoms with Crippen molar-refractivity contribution in [1.82, 2.24) is 0 Å². The van der Waals surface area contributed by atoms with Crippen molar-refractivity contribution in [3.63, 3.8) is 0 Å². The van der Waals surface area contributed by atoms with Gasteiger partial charge in [-0.05, 0) is 41.7 Å². The highest BCUT2D eigenvalue weighted by Crippen LogP contribution is 2.50. The van der Waals surface area contributed by atoms with Crippen molar-refractivity contribution < 1.29 is 14.7 Å². The number of allylic oxidation sites excluding steroid dienone is 2. The van der Waals surface area contributed by atoms with Crippen LogP contribution in [0.2, 0.25) is 0 Å². The molecule has 1 aliphatic heterocycles. The minimum atomic E-state index is -0.902. The average Bonchev–Trinajstić information content (AvgIpc) is 3.10. The van der Waals surface area contributed by atoms with Gasteiger partial charge in [-0.2, -0.15) is 0 Å².